The number of benzene rings is 2. The second-order valence-electron chi connectivity index (χ2n) is 10.1. The highest BCUT2D eigenvalue weighted by molar-refractivity contribution is 5.62. The zero-order valence-electron chi connectivity index (χ0n) is 22.7. The highest BCUT2D eigenvalue weighted by Crippen LogP contribution is 2.28. The molecule has 208 valence electrons. The van der Waals surface area contributed by atoms with Gasteiger partial charge in [0.05, 0.1) is 11.9 Å². The summed E-state index contributed by atoms with van der Waals surface area (Å²) >= 11 is 0. The largest absolute Gasteiger partial charge is 0.368 e. The molecule has 0 amide bonds. The van der Waals surface area contributed by atoms with Gasteiger partial charge in [-0.3, -0.25) is 14.3 Å². The predicted molar refractivity (Wildman–Crippen MR) is 154 cm³/mol. The molecule has 6 rings (SSSR count). The van der Waals surface area contributed by atoms with E-state index < -0.39 is 11.9 Å². The lowest BCUT2D eigenvalue weighted by atomic mass is 10.1. The van der Waals surface area contributed by atoms with E-state index in [0.717, 1.165) is 23.0 Å². The summed E-state index contributed by atoms with van der Waals surface area (Å²) in [7, 11) is 1.69. The number of rotatable bonds is 6. The maximum absolute atomic E-state index is 14.4. The first-order valence-electron chi connectivity index (χ1n) is 13.3. The molecule has 41 heavy (non-hydrogen) atoms. The average Bonchev–Trinajstić information content (AvgIpc) is 3.50. The molecule has 1 saturated heterocycles. The Morgan fingerprint density at radius 1 is 1.05 bits per heavy atom. The standard InChI is InChI=1S/C30H29FN8O2/c1-19-18-38(14-15-39(19)30-34-25(16-26(40)37(30)2)23-12-13-33-17-24(23)31)22-10-8-21(9-11-22)28-35-29(41-36-28)27(32)20-6-4-3-5-7-20/h3-13,16-17,19,27H,14-15,18,32H2,1-2H3/t19-,27?/m1/s1. The normalized spacial score (nSPS) is 16.1. The summed E-state index contributed by atoms with van der Waals surface area (Å²) in [5.41, 5.74) is 9.39. The minimum atomic E-state index is -0.517. The SMILES string of the molecule is C[C@@H]1CN(c2ccc(-c3noc(C(N)c4ccccc4)n3)cc2)CCN1c1nc(-c2ccncc2F)cc(=O)n1C. The van der Waals surface area contributed by atoms with Crippen molar-refractivity contribution in [1.29, 1.82) is 0 Å². The fraction of sp³-hybridized carbons (Fsp3) is 0.233. The van der Waals surface area contributed by atoms with Crippen LogP contribution in [-0.4, -0.2) is 50.4 Å². The van der Waals surface area contributed by atoms with Gasteiger partial charge in [0.25, 0.3) is 5.56 Å². The molecule has 0 saturated carbocycles. The van der Waals surface area contributed by atoms with E-state index in [1.165, 1.54) is 22.9 Å². The summed E-state index contributed by atoms with van der Waals surface area (Å²) < 4.78 is 21.4. The van der Waals surface area contributed by atoms with Crippen LogP contribution < -0.4 is 21.1 Å². The Kier molecular flexibility index (Phi) is 7.02. The number of nitrogens with zero attached hydrogens (tertiary/aromatic N) is 7. The van der Waals surface area contributed by atoms with Crippen molar-refractivity contribution in [3.63, 3.8) is 0 Å². The Labute approximate surface area is 235 Å². The third-order valence-corrected chi connectivity index (χ3v) is 7.40. The van der Waals surface area contributed by atoms with E-state index in [1.54, 1.807) is 7.05 Å². The van der Waals surface area contributed by atoms with Crippen LogP contribution in [0, 0.1) is 5.82 Å². The maximum atomic E-state index is 14.4. The Balaban J connectivity index is 1.17. The van der Waals surface area contributed by atoms with Gasteiger partial charge in [0.15, 0.2) is 5.82 Å². The van der Waals surface area contributed by atoms with Gasteiger partial charge in [0.1, 0.15) is 6.04 Å². The zero-order chi connectivity index (χ0) is 28.5. The molecule has 5 aromatic rings. The molecule has 11 heteroatoms. The van der Waals surface area contributed by atoms with E-state index in [0.29, 0.717) is 43.0 Å². The van der Waals surface area contributed by atoms with Gasteiger partial charge in [-0.15, -0.1) is 0 Å². The van der Waals surface area contributed by atoms with Crippen LogP contribution in [0.15, 0.2) is 88.4 Å². The van der Waals surface area contributed by atoms with Gasteiger partial charge in [-0.1, -0.05) is 35.5 Å². The molecule has 1 aliphatic heterocycles. The number of halogens is 1. The summed E-state index contributed by atoms with van der Waals surface area (Å²) in [6, 6.07) is 20.1. The molecule has 2 N–H and O–H groups in total. The Hall–Kier alpha value is -4.90. The molecule has 2 atom stereocenters. The van der Waals surface area contributed by atoms with Crippen molar-refractivity contribution in [2.24, 2.45) is 12.8 Å². The second kappa shape index (κ2) is 10.9. The summed E-state index contributed by atoms with van der Waals surface area (Å²) in [6.45, 7) is 4.15. The van der Waals surface area contributed by atoms with Gasteiger partial charge >= 0.3 is 0 Å². The fourth-order valence-corrected chi connectivity index (χ4v) is 5.10. The molecule has 4 heterocycles. The van der Waals surface area contributed by atoms with Crippen molar-refractivity contribution < 1.29 is 8.91 Å². The van der Waals surface area contributed by atoms with Crippen molar-refractivity contribution in [3.05, 3.63) is 107 Å². The third kappa shape index (κ3) is 5.19. The number of hydrogen-bond acceptors (Lipinski definition) is 9. The lowest BCUT2D eigenvalue weighted by molar-refractivity contribution is 0.367. The molecule has 2 aromatic carbocycles. The van der Waals surface area contributed by atoms with Gasteiger partial charge < -0.3 is 20.1 Å². The molecule has 0 aliphatic carbocycles. The summed E-state index contributed by atoms with van der Waals surface area (Å²) in [5, 5.41) is 4.13. The molecule has 1 fully saturated rings. The molecule has 0 spiro atoms. The number of pyridine rings is 1. The highest BCUT2D eigenvalue weighted by Gasteiger charge is 2.28. The minimum absolute atomic E-state index is 0.0401. The third-order valence-electron chi connectivity index (χ3n) is 7.40. The Morgan fingerprint density at radius 2 is 1.83 bits per heavy atom. The van der Waals surface area contributed by atoms with Crippen LogP contribution in [0.1, 0.15) is 24.4 Å². The van der Waals surface area contributed by atoms with Crippen LogP contribution in [-0.2, 0) is 7.05 Å². The minimum Gasteiger partial charge on any atom is -0.368 e. The predicted octanol–water partition coefficient (Wildman–Crippen LogP) is 3.79. The summed E-state index contributed by atoms with van der Waals surface area (Å²) in [6.07, 6.45) is 2.61. The average molecular weight is 553 g/mol. The van der Waals surface area contributed by atoms with Crippen molar-refractivity contribution in [1.82, 2.24) is 24.7 Å². The van der Waals surface area contributed by atoms with Gasteiger partial charge in [-0.25, -0.2) is 9.37 Å². The molecule has 0 bridgehead atoms. The van der Waals surface area contributed by atoms with E-state index in [9.17, 15) is 9.18 Å². The lowest BCUT2D eigenvalue weighted by Crippen LogP contribution is -2.53. The molecule has 1 unspecified atom stereocenters. The van der Waals surface area contributed by atoms with Crippen molar-refractivity contribution in [2.75, 3.05) is 29.4 Å². The highest BCUT2D eigenvalue weighted by atomic mass is 19.1. The quantitative estimate of drug-likeness (QED) is 0.335. The van der Waals surface area contributed by atoms with E-state index in [2.05, 4.69) is 36.8 Å². The van der Waals surface area contributed by atoms with Crippen molar-refractivity contribution in [3.8, 4) is 22.6 Å². The first-order valence-corrected chi connectivity index (χ1v) is 13.3. The van der Waals surface area contributed by atoms with Crippen LogP contribution in [0.25, 0.3) is 22.6 Å². The van der Waals surface area contributed by atoms with Crippen LogP contribution in [0.3, 0.4) is 0 Å². The van der Waals surface area contributed by atoms with Gasteiger partial charge in [0.2, 0.25) is 17.7 Å². The monoisotopic (exact) mass is 552 g/mol. The summed E-state index contributed by atoms with van der Waals surface area (Å²) in [5.74, 6) is 0.831. The van der Waals surface area contributed by atoms with Gasteiger partial charge in [-0.2, -0.15) is 4.98 Å². The van der Waals surface area contributed by atoms with Gasteiger partial charge in [0, 0.05) is 61.8 Å². The van der Waals surface area contributed by atoms with Crippen molar-refractivity contribution >= 4 is 11.6 Å². The van der Waals surface area contributed by atoms with Crippen LogP contribution in [0.2, 0.25) is 0 Å². The molecule has 1 aliphatic rings. The smallest absolute Gasteiger partial charge is 0.255 e. The van der Waals surface area contributed by atoms with E-state index in [-0.39, 0.29) is 17.2 Å². The summed E-state index contributed by atoms with van der Waals surface area (Å²) in [4.78, 5) is 30.1. The van der Waals surface area contributed by atoms with Gasteiger partial charge in [-0.05, 0) is 42.8 Å². The molecular weight excluding hydrogens is 523 g/mol. The Morgan fingerprint density at radius 3 is 2.56 bits per heavy atom. The number of nitrogens with two attached hydrogens (primary N) is 1. The van der Waals surface area contributed by atoms with Crippen LogP contribution >= 0.6 is 0 Å². The van der Waals surface area contributed by atoms with E-state index in [4.69, 9.17) is 10.3 Å². The molecule has 3 aromatic heterocycles. The molecule has 10 nitrogen and oxygen atoms in total. The number of hydrogen-bond donors (Lipinski definition) is 1. The van der Waals surface area contributed by atoms with Crippen molar-refractivity contribution in [2.45, 2.75) is 19.0 Å². The van der Waals surface area contributed by atoms with E-state index >= 15 is 0 Å². The van der Waals surface area contributed by atoms with Crippen LogP contribution in [0.5, 0.6) is 0 Å². The topological polar surface area (TPSA) is 119 Å². The lowest BCUT2D eigenvalue weighted by Gasteiger charge is -2.42. The Bertz CT molecular complexity index is 1720. The zero-order valence-corrected chi connectivity index (χ0v) is 22.7. The maximum Gasteiger partial charge on any atom is 0.255 e. The number of aromatic nitrogens is 5. The first kappa shape index (κ1) is 26.3. The fourth-order valence-electron chi connectivity index (χ4n) is 5.10. The molecule has 0 radical (unpaired) electrons. The number of anilines is 2. The number of piperazine rings is 1. The first-order chi connectivity index (χ1) is 19.9. The molecular formula is C30H29FN8O2. The van der Waals surface area contributed by atoms with E-state index in [1.807, 2.05) is 54.6 Å². The second-order valence-corrected chi connectivity index (χ2v) is 10.1. The van der Waals surface area contributed by atoms with Crippen LogP contribution in [0.4, 0.5) is 16.0 Å².